The molecule has 2 rings (SSSR count). The van der Waals surface area contributed by atoms with E-state index in [4.69, 9.17) is 0 Å². The number of nitrogens with zero attached hydrogens (tertiary/aromatic N) is 6. The molecule has 26 heavy (non-hydrogen) atoms. The van der Waals surface area contributed by atoms with Crippen molar-refractivity contribution >= 4 is 11.9 Å². The average molecular weight is 362 g/mol. The van der Waals surface area contributed by atoms with Crippen molar-refractivity contribution in [1.29, 1.82) is 0 Å². The first-order valence-electron chi connectivity index (χ1n) is 9.98. The topological polar surface area (TPSA) is 59.9 Å². The predicted molar refractivity (Wildman–Crippen MR) is 109 cm³/mol. The Balaban J connectivity index is 1.71. The van der Waals surface area contributed by atoms with E-state index in [1.165, 1.54) is 25.9 Å². The Hall–Kier alpha value is -1.89. The molecule has 0 aliphatic carbocycles. The lowest BCUT2D eigenvalue weighted by Crippen LogP contribution is -2.53. The fourth-order valence-electron chi connectivity index (χ4n) is 3.38. The average Bonchev–Trinajstić information content (AvgIpc) is 2.69. The van der Waals surface area contributed by atoms with E-state index in [0.717, 1.165) is 57.6 Å². The Bertz CT molecular complexity index is 506. The van der Waals surface area contributed by atoms with Crippen molar-refractivity contribution in [2.24, 2.45) is 4.99 Å². The highest BCUT2D eigenvalue weighted by atomic mass is 15.4. The van der Waals surface area contributed by atoms with Gasteiger partial charge in [-0.05, 0) is 45.0 Å². The van der Waals surface area contributed by atoms with Crippen molar-refractivity contribution in [3.63, 3.8) is 0 Å². The Morgan fingerprint density at radius 1 is 1.08 bits per heavy atom. The van der Waals surface area contributed by atoms with Crippen molar-refractivity contribution in [3.05, 3.63) is 18.5 Å². The second kappa shape index (κ2) is 11.7. The lowest BCUT2D eigenvalue weighted by atomic mass is 10.3. The van der Waals surface area contributed by atoms with E-state index in [-0.39, 0.29) is 0 Å². The molecule has 0 spiro atoms. The molecule has 1 fully saturated rings. The molecule has 1 N–H and O–H groups in total. The number of rotatable bonds is 9. The monoisotopic (exact) mass is 361 g/mol. The zero-order valence-corrected chi connectivity index (χ0v) is 16.7. The molecule has 7 heteroatoms. The maximum Gasteiger partial charge on any atom is 0.225 e. The molecule has 0 radical (unpaired) electrons. The molecule has 1 aliphatic heterocycles. The van der Waals surface area contributed by atoms with Gasteiger partial charge in [-0.1, -0.05) is 13.8 Å². The first-order chi connectivity index (χ1) is 12.8. The van der Waals surface area contributed by atoms with Gasteiger partial charge in [0, 0.05) is 52.2 Å². The lowest BCUT2D eigenvalue weighted by Gasteiger charge is -2.36. The summed E-state index contributed by atoms with van der Waals surface area (Å²) in [7, 11) is 1.87. The number of hydrogen-bond donors (Lipinski definition) is 1. The maximum atomic E-state index is 4.47. The zero-order valence-electron chi connectivity index (χ0n) is 16.7. The van der Waals surface area contributed by atoms with Crippen LogP contribution in [0, 0.1) is 0 Å². The quantitative estimate of drug-likeness (QED) is 0.410. The Morgan fingerprint density at radius 3 is 2.31 bits per heavy atom. The number of anilines is 1. The zero-order chi connectivity index (χ0) is 18.6. The molecular weight excluding hydrogens is 326 g/mol. The number of piperazine rings is 1. The summed E-state index contributed by atoms with van der Waals surface area (Å²) in [6.07, 6.45) is 7.21. The molecule has 1 aromatic rings. The molecule has 0 atom stereocenters. The van der Waals surface area contributed by atoms with Gasteiger partial charge in [0.2, 0.25) is 5.95 Å². The van der Waals surface area contributed by atoms with Crippen molar-refractivity contribution in [2.75, 3.05) is 64.3 Å². The van der Waals surface area contributed by atoms with E-state index >= 15 is 0 Å². The summed E-state index contributed by atoms with van der Waals surface area (Å²) < 4.78 is 0. The van der Waals surface area contributed by atoms with Crippen LogP contribution in [0.4, 0.5) is 5.95 Å². The molecule has 146 valence electrons. The largest absolute Gasteiger partial charge is 0.356 e. The van der Waals surface area contributed by atoms with Gasteiger partial charge in [-0.15, -0.1) is 0 Å². The minimum atomic E-state index is 0.821. The van der Waals surface area contributed by atoms with Crippen molar-refractivity contribution < 1.29 is 0 Å². The first-order valence-corrected chi connectivity index (χ1v) is 9.98. The van der Waals surface area contributed by atoms with Gasteiger partial charge in [-0.3, -0.25) is 4.99 Å². The first kappa shape index (κ1) is 20.4. The second-order valence-corrected chi connectivity index (χ2v) is 6.69. The summed E-state index contributed by atoms with van der Waals surface area (Å²) in [4.78, 5) is 20.3. The molecule has 0 aromatic carbocycles. The third-order valence-electron chi connectivity index (χ3n) is 4.64. The van der Waals surface area contributed by atoms with Crippen LogP contribution >= 0.6 is 0 Å². The number of aliphatic imine (C=N–C) groups is 1. The standard InChI is InChI=1S/C19H35N7/c1-4-11-24(12-5-2)13-7-10-21-18(20-3)25-14-16-26(17-15-25)19-22-8-6-9-23-19/h6,8-9H,4-5,7,10-17H2,1-3H3,(H,20,21). The van der Waals surface area contributed by atoms with Gasteiger partial charge in [-0.25, -0.2) is 9.97 Å². The number of nitrogens with one attached hydrogen (secondary N) is 1. The number of hydrogen-bond acceptors (Lipinski definition) is 5. The normalized spacial score (nSPS) is 15.6. The molecule has 0 saturated carbocycles. The highest BCUT2D eigenvalue weighted by Crippen LogP contribution is 2.09. The van der Waals surface area contributed by atoms with Gasteiger partial charge >= 0.3 is 0 Å². The second-order valence-electron chi connectivity index (χ2n) is 6.69. The Kier molecular flexibility index (Phi) is 9.17. The van der Waals surface area contributed by atoms with Crippen LogP contribution in [0.1, 0.15) is 33.1 Å². The molecular formula is C19H35N7. The summed E-state index contributed by atoms with van der Waals surface area (Å²) in [6.45, 7) is 12.8. The van der Waals surface area contributed by atoms with E-state index in [0.29, 0.717) is 0 Å². The van der Waals surface area contributed by atoms with Gasteiger partial charge in [0.25, 0.3) is 0 Å². The van der Waals surface area contributed by atoms with Crippen LogP contribution in [0.3, 0.4) is 0 Å². The highest BCUT2D eigenvalue weighted by Gasteiger charge is 2.20. The van der Waals surface area contributed by atoms with E-state index in [2.05, 4.69) is 48.8 Å². The minimum Gasteiger partial charge on any atom is -0.356 e. The fraction of sp³-hybridized carbons (Fsp3) is 0.737. The van der Waals surface area contributed by atoms with E-state index in [9.17, 15) is 0 Å². The summed E-state index contributed by atoms with van der Waals surface area (Å²) in [5.41, 5.74) is 0. The molecule has 0 amide bonds. The summed E-state index contributed by atoms with van der Waals surface area (Å²) >= 11 is 0. The van der Waals surface area contributed by atoms with Crippen LogP contribution in [0.2, 0.25) is 0 Å². The SMILES string of the molecule is CCCN(CCC)CCCNC(=NC)N1CCN(c2ncccn2)CC1. The number of guanidine groups is 1. The van der Waals surface area contributed by atoms with Crippen molar-refractivity contribution in [2.45, 2.75) is 33.1 Å². The smallest absolute Gasteiger partial charge is 0.225 e. The molecule has 1 saturated heterocycles. The highest BCUT2D eigenvalue weighted by molar-refractivity contribution is 5.80. The molecule has 1 aromatic heterocycles. The molecule has 1 aliphatic rings. The van der Waals surface area contributed by atoms with E-state index in [1.54, 1.807) is 12.4 Å². The lowest BCUT2D eigenvalue weighted by molar-refractivity contribution is 0.271. The molecule has 0 bridgehead atoms. The van der Waals surface area contributed by atoms with Crippen LogP contribution in [0.25, 0.3) is 0 Å². The predicted octanol–water partition coefficient (Wildman–Crippen LogP) is 1.69. The van der Waals surface area contributed by atoms with Gasteiger partial charge in [0.05, 0.1) is 0 Å². The van der Waals surface area contributed by atoms with Gasteiger partial charge in [0.1, 0.15) is 0 Å². The van der Waals surface area contributed by atoms with E-state index in [1.807, 2.05) is 13.1 Å². The van der Waals surface area contributed by atoms with Crippen LogP contribution < -0.4 is 10.2 Å². The Labute approximate surface area is 158 Å². The third kappa shape index (κ3) is 6.44. The summed E-state index contributed by atoms with van der Waals surface area (Å²) in [5, 5.41) is 3.53. The van der Waals surface area contributed by atoms with Gasteiger partial charge in [0.15, 0.2) is 5.96 Å². The van der Waals surface area contributed by atoms with Crippen LogP contribution in [-0.4, -0.2) is 85.1 Å². The van der Waals surface area contributed by atoms with Crippen molar-refractivity contribution in [3.8, 4) is 0 Å². The van der Waals surface area contributed by atoms with Crippen LogP contribution in [-0.2, 0) is 0 Å². The fourth-order valence-corrected chi connectivity index (χ4v) is 3.38. The van der Waals surface area contributed by atoms with E-state index < -0.39 is 0 Å². The van der Waals surface area contributed by atoms with Gasteiger partial charge < -0.3 is 20.0 Å². The maximum absolute atomic E-state index is 4.47. The molecule has 0 unspecified atom stereocenters. The summed E-state index contributed by atoms with van der Waals surface area (Å²) in [5.74, 6) is 1.83. The third-order valence-corrected chi connectivity index (χ3v) is 4.64. The minimum absolute atomic E-state index is 0.821. The number of aromatic nitrogens is 2. The molecule has 7 nitrogen and oxygen atoms in total. The Morgan fingerprint density at radius 2 is 1.73 bits per heavy atom. The molecule has 2 heterocycles. The van der Waals surface area contributed by atoms with Crippen LogP contribution in [0.15, 0.2) is 23.5 Å². The van der Waals surface area contributed by atoms with Crippen molar-refractivity contribution in [1.82, 2.24) is 25.1 Å². The summed E-state index contributed by atoms with van der Waals surface area (Å²) in [6, 6.07) is 1.85. The van der Waals surface area contributed by atoms with Crippen LogP contribution in [0.5, 0.6) is 0 Å². The van der Waals surface area contributed by atoms with Gasteiger partial charge in [-0.2, -0.15) is 0 Å².